The molecule has 0 saturated carbocycles. The van der Waals surface area contributed by atoms with E-state index in [4.69, 9.17) is 11.6 Å². The maximum atomic E-state index is 13.3. The third kappa shape index (κ3) is 4.70. The van der Waals surface area contributed by atoms with E-state index in [0.717, 1.165) is 6.07 Å². The van der Waals surface area contributed by atoms with Crippen molar-refractivity contribution in [3.63, 3.8) is 0 Å². The summed E-state index contributed by atoms with van der Waals surface area (Å²) in [5, 5.41) is 3.38. The minimum atomic E-state index is -5.81. The molecule has 2 rings (SSSR count). The molecule has 0 aliphatic heterocycles. The van der Waals surface area contributed by atoms with Gasteiger partial charge < -0.3 is 9.26 Å². The molecule has 0 radical (unpaired) electrons. The van der Waals surface area contributed by atoms with Gasteiger partial charge in [0.05, 0.1) is 5.56 Å². The second kappa shape index (κ2) is 7.58. The summed E-state index contributed by atoms with van der Waals surface area (Å²) in [5.74, 6) is -1.87. The third-order valence-corrected chi connectivity index (χ3v) is 4.12. The van der Waals surface area contributed by atoms with E-state index in [0.29, 0.717) is 12.1 Å². The van der Waals surface area contributed by atoms with Crippen molar-refractivity contribution < 1.29 is 48.8 Å². The van der Waals surface area contributed by atoms with Crippen LogP contribution in [0, 0.1) is 5.41 Å². The highest BCUT2D eigenvalue weighted by atomic mass is 35.5. The van der Waals surface area contributed by atoms with E-state index in [-0.39, 0.29) is 30.1 Å². The number of ether oxygens (including phenoxy) is 1. The number of nitrogens with zero attached hydrogens (tertiary/aromatic N) is 2. The molecule has 0 aliphatic carbocycles. The van der Waals surface area contributed by atoms with Crippen molar-refractivity contribution in [2.45, 2.75) is 31.3 Å². The lowest BCUT2D eigenvalue weighted by Gasteiger charge is -2.33. The average molecular weight is 457 g/mol. The molecule has 0 N–H and O–H groups in total. The molecular weight excluding hydrogens is 447 g/mol. The van der Waals surface area contributed by atoms with Crippen LogP contribution in [-0.2, 0) is 12.1 Å². The summed E-state index contributed by atoms with van der Waals surface area (Å²) in [4.78, 5) is 3.69. The zero-order valence-electron chi connectivity index (χ0n) is 14.1. The molecule has 0 amide bonds. The standard InChI is InChI=1S/C15H10ClF9N2O2/c1-12(14(20,21)22,15(23,24)25)6-28-9-3-2-7(4-8(9)13(17,18)19)11-26-10(5-16)29-27-11/h2-4H,5-6H2,1H3. The fraction of sp³-hybridized carbons (Fsp3) is 0.467. The molecule has 162 valence electrons. The summed E-state index contributed by atoms with van der Waals surface area (Å²) >= 11 is 5.43. The summed E-state index contributed by atoms with van der Waals surface area (Å²) in [6.45, 7) is -2.32. The molecule has 0 unspecified atom stereocenters. The number of alkyl halides is 10. The van der Waals surface area contributed by atoms with Gasteiger partial charge in [-0.2, -0.15) is 44.5 Å². The molecule has 1 aromatic carbocycles. The van der Waals surface area contributed by atoms with Crippen LogP contribution in [0.3, 0.4) is 0 Å². The van der Waals surface area contributed by atoms with Gasteiger partial charge in [-0.3, -0.25) is 0 Å². The topological polar surface area (TPSA) is 48.2 Å². The lowest BCUT2D eigenvalue weighted by atomic mass is 9.90. The first-order valence-corrected chi connectivity index (χ1v) is 8.00. The van der Waals surface area contributed by atoms with E-state index in [1.54, 1.807) is 0 Å². The molecule has 14 heteroatoms. The van der Waals surface area contributed by atoms with Gasteiger partial charge in [0.25, 0.3) is 0 Å². The zero-order chi connectivity index (χ0) is 22.3. The van der Waals surface area contributed by atoms with Crippen molar-refractivity contribution in [2.75, 3.05) is 6.61 Å². The molecule has 29 heavy (non-hydrogen) atoms. The maximum absolute atomic E-state index is 13.3. The molecule has 0 aliphatic rings. The Hall–Kier alpha value is -2.18. The number of rotatable bonds is 5. The second-order valence-corrected chi connectivity index (χ2v) is 6.24. The van der Waals surface area contributed by atoms with Crippen LogP contribution in [0.2, 0.25) is 0 Å². The quantitative estimate of drug-likeness (QED) is 0.409. The molecule has 0 saturated heterocycles. The molecule has 2 aromatic rings. The van der Waals surface area contributed by atoms with Crippen molar-refractivity contribution >= 4 is 11.6 Å². The minimum absolute atomic E-state index is 0.110. The summed E-state index contributed by atoms with van der Waals surface area (Å²) in [7, 11) is 0. The number of halogens is 10. The fourth-order valence-electron chi connectivity index (χ4n) is 1.99. The lowest BCUT2D eigenvalue weighted by Crippen LogP contribution is -2.51. The van der Waals surface area contributed by atoms with E-state index in [2.05, 4.69) is 19.4 Å². The van der Waals surface area contributed by atoms with Crippen LogP contribution in [-0.4, -0.2) is 29.1 Å². The fourth-order valence-corrected chi connectivity index (χ4v) is 2.10. The summed E-state index contributed by atoms with van der Waals surface area (Å²) in [5.41, 5.74) is -6.26. The summed E-state index contributed by atoms with van der Waals surface area (Å²) in [6, 6.07) is 1.91. The highest BCUT2D eigenvalue weighted by Gasteiger charge is 2.68. The Kier molecular flexibility index (Phi) is 6.04. The van der Waals surface area contributed by atoms with Crippen LogP contribution in [0.5, 0.6) is 5.75 Å². The Labute approximate surface area is 161 Å². The predicted octanol–water partition coefficient (Wildman–Crippen LogP) is 6.00. The molecule has 0 spiro atoms. The second-order valence-electron chi connectivity index (χ2n) is 5.97. The maximum Gasteiger partial charge on any atom is 0.419 e. The zero-order valence-corrected chi connectivity index (χ0v) is 14.9. The third-order valence-electron chi connectivity index (χ3n) is 3.89. The van der Waals surface area contributed by atoms with Gasteiger partial charge in [0.15, 0.2) is 5.41 Å². The summed E-state index contributed by atoms with van der Waals surface area (Å²) in [6.07, 6.45) is -16.8. The largest absolute Gasteiger partial charge is 0.492 e. The normalized spacial score (nSPS) is 13.6. The molecular formula is C15H10ClF9N2O2. The van der Waals surface area contributed by atoms with E-state index in [1.807, 2.05) is 0 Å². The van der Waals surface area contributed by atoms with Gasteiger partial charge in [0.2, 0.25) is 11.7 Å². The van der Waals surface area contributed by atoms with E-state index in [1.165, 1.54) is 0 Å². The molecule has 4 nitrogen and oxygen atoms in total. The average Bonchev–Trinajstić information content (AvgIpc) is 3.05. The van der Waals surface area contributed by atoms with Crippen molar-refractivity contribution in [2.24, 2.45) is 5.41 Å². The number of hydrogen-bond acceptors (Lipinski definition) is 4. The first kappa shape index (κ1) is 23.1. The Morgan fingerprint density at radius 1 is 1.00 bits per heavy atom. The lowest BCUT2D eigenvalue weighted by molar-refractivity contribution is -0.340. The Morgan fingerprint density at radius 2 is 1.59 bits per heavy atom. The van der Waals surface area contributed by atoms with Gasteiger partial charge in [0.1, 0.15) is 18.2 Å². The molecule has 1 heterocycles. The van der Waals surface area contributed by atoms with Crippen molar-refractivity contribution in [3.05, 3.63) is 29.7 Å². The van der Waals surface area contributed by atoms with E-state index >= 15 is 0 Å². The van der Waals surface area contributed by atoms with Crippen LogP contribution in [0.25, 0.3) is 11.4 Å². The minimum Gasteiger partial charge on any atom is -0.492 e. The highest BCUT2D eigenvalue weighted by Crippen LogP contribution is 2.50. The Bertz CT molecular complexity index is 845. The first-order valence-electron chi connectivity index (χ1n) is 7.46. The van der Waals surface area contributed by atoms with Crippen LogP contribution < -0.4 is 4.74 Å². The van der Waals surface area contributed by atoms with Gasteiger partial charge in [-0.15, -0.1) is 11.6 Å². The van der Waals surface area contributed by atoms with E-state index < -0.39 is 41.9 Å². The van der Waals surface area contributed by atoms with E-state index in [9.17, 15) is 39.5 Å². The highest BCUT2D eigenvalue weighted by molar-refractivity contribution is 6.16. The van der Waals surface area contributed by atoms with Crippen LogP contribution in [0.4, 0.5) is 39.5 Å². The monoisotopic (exact) mass is 456 g/mol. The smallest absolute Gasteiger partial charge is 0.419 e. The Balaban J connectivity index is 2.42. The number of benzene rings is 1. The number of hydrogen-bond donors (Lipinski definition) is 0. The van der Waals surface area contributed by atoms with Crippen molar-refractivity contribution in [3.8, 4) is 17.1 Å². The first-order chi connectivity index (χ1) is 13.1. The van der Waals surface area contributed by atoms with Gasteiger partial charge in [0, 0.05) is 5.56 Å². The van der Waals surface area contributed by atoms with Gasteiger partial charge in [-0.25, -0.2) is 0 Å². The van der Waals surface area contributed by atoms with Crippen LogP contribution >= 0.6 is 11.6 Å². The molecule has 0 atom stereocenters. The molecule has 1 aromatic heterocycles. The van der Waals surface area contributed by atoms with Crippen molar-refractivity contribution in [1.82, 2.24) is 10.1 Å². The Morgan fingerprint density at radius 3 is 2.03 bits per heavy atom. The molecule has 0 bridgehead atoms. The summed E-state index contributed by atoms with van der Waals surface area (Å²) < 4.78 is 126. The van der Waals surface area contributed by atoms with Gasteiger partial charge in [-0.05, 0) is 25.1 Å². The SMILES string of the molecule is CC(COc1ccc(-c2noc(CCl)n2)cc1C(F)(F)F)(C(F)(F)F)C(F)(F)F. The van der Waals surface area contributed by atoms with Crippen LogP contribution in [0.15, 0.2) is 22.7 Å². The molecule has 0 fully saturated rings. The predicted molar refractivity (Wildman–Crippen MR) is 80.0 cm³/mol. The van der Waals surface area contributed by atoms with Gasteiger partial charge in [-0.1, -0.05) is 5.16 Å². The van der Waals surface area contributed by atoms with Crippen molar-refractivity contribution in [1.29, 1.82) is 0 Å². The number of aromatic nitrogens is 2. The van der Waals surface area contributed by atoms with Crippen LogP contribution in [0.1, 0.15) is 18.4 Å². The van der Waals surface area contributed by atoms with Gasteiger partial charge >= 0.3 is 18.5 Å².